The monoisotopic (exact) mass is 585 g/mol. The number of primary amides is 1. The van der Waals surface area contributed by atoms with E-state index in [-0.39, 0.29) is 33.4 Å². The van der Waals surface area contributed by atoms with Gasteiger partial charge in [-0.3, -0.25) is 9.59 Å². The van der Waals surface area contributed by atoms with Gasteiger partial charge in [0.25, 0.3) is 11.5 Å². The van der Waals surface area contributed by atoms with Gasteiger partial charge in [0.2, 0.25) is 0 Å². The molecule has 0 radical (unpaired) electrons. The zero-order valence-electron chi connectivity index (χ0n) is 24.2. The summed E-state index contributed by atoms with van der Waals surface area (Å²) in [4.78, 5) is 34.6. The molecule has 13 heteroatoms. The lowest BCUT2D eigenvalue weighted by atomic mass is 9.86. The number of nitrogens with zero attached hydrogens (tertiary/aromatic N) is 6. The highest BCUT2D eigenvalue weighted by atomic mass is 19.1. The van der Waals surface area contributed by atoms with Crippen molar-refractivity contribution in [2.75, 3.05) is 25.5 Å². The van der Waals surface area contributed by atoms with Crippen LogP contribution < -0.4 is 21.9 Å². The number of aliphatic hydroxyl groups is 1. The van der Waals surface area contributed by atoms with Crippen LogP contribution in [0.1, 0.15) is 42.3 Å². The predicted molar refractivity (Wildman–Crippen MR) is 161 cm³/mol. The molecule has 43 heavy (non-hydrogen) atoms. The van der Waals surface area contributed by atoms with Crippen molar-refractivity contribution in [2.24, 2.45) is 5.73 Å². The van der Waals surface area contributed by atoms with Crippen molar-refractivity contribution in [1.29, 1.82) is 0 Å². The first-order chi connectivity index (χ1) is 20.5. The first-order valence-electron chi connectivity index (χ1n) is 13.6. The number of carbonyl (C=O) groups excluding carboxylic acids is 1. The normalized spacial score (nSPS) is 11.7. The summed E-state index contributed by atoms with van der Waals surface area (Å²) in [5.74, 6) is -0.748. The van der Waals surface area contributed by atoms with E-state index in [2.05, 4.69) is 30.8 Å². The number of aromatic nitrogens is 6. The Kier molecular flexibility index (Phi) is 8.02. The van der Waals surface area contributed by atoms with Crippen molar-refractivity contribution in [3.05, 3.63) is 88.0 Å². The first-order valence-corrected chi connectivity index (χ1v) is 13.6. The molecule has 0 fully saturated rings. The molecule has 222 valence electrons. The fourth-order valence-corrected chi connectivity index (χ4v) is 4.68. The molecule has 0 bridgehead atoms. The van der Waals surface area contributed by atoms with Gasteiger partial charge in [-0.15, -0.1) is 0 Å². The van der Waals surface area contributed by atoms with E-state index in [4.69, 9.17) is 5.73 Å². The van der Waals surface area contributed by atoms with Gasteiger partial charge in [-0.05, 0) is 48.4 Å². The van der Waals surface area contributed by atoms with Crippen molar-refractivity contribution < 1.29 is 14.3 Å². The lowest BCUT2D eigenvalue weighted by molar-refractivity contribution is 0.100. The summed E-state index contributed by atoms with van der Waals surface area (Å²) in [6.07, 6.45) is 5.80. The van der Waals surface area contributed by atoms with Gasteiger partial charge >= 0.3 is 0 Å². The highest BCUT2D eigenvalue weighted by Gasteiger charge is 2.23. The van der Waals surface area contributed by atoms with E-state index < -0.39 is 23.9 Å². The Morgan fingerprint density at radius 2 is 1.91 bits per heavy atom. The van der Waals surface area contributed by atoms with Gasteiger partial charge < -0.3 is 21.5 Å². The largest absolute Gasteiger partial charge is 0.391 e. The Bertz CT molecular complexity index is 1880. The number of aliphatic hydroxyl groups excluding tert-OH is 1. The van der Waals surface area contributed by atoms with Crippen molar-refractivity contribution in [3.8, 4) is 22.8 Å². The molecule has 1 amide bonds. The number of fused-ring (bicyclic) bond motifs is 1. The molecule has 5 N–H and O–H groups in total. The quantitative estimate of drug-likeness (QED) is 0.190. The second kappa shape index (κ2) is 11.7. The minimum Gasteiger partial charge on any atom is -0.391 e. The number of rotatable bonds is 9. The molecule has 0 saturated carbocycles. The number of carbonyl (C=O) groups is 1. The second-order valence-electron chi connectivity index (χ2n) is 11.0. The summed E-state index contributed by atoms with van der Waals surface area (Å²) in [5, 5.41) is 25.7. The van der Waals surface area contributed by atoms with E-state index in [0.717, 1.165) is 16.8 Å². The molecule has 0 atom stereocenters. The minimum absolute atomic E-state index is 0.0115. The molecule has 0 aliphatic rings. The van der Waals surface area contributed by atoms with Crippen LogP contribution in [0.2, 0.25) is 0 Å². The van der Waals surface area contributed by atoms with Crippen LogP contribution in [-0.4, -0.2) is 60.7 Å². The molecule has 0 aliphatic heterocycles. The van der Waals surface area contributed by atoms with Gasteiger partial charge in [-0.1, -0.05) is 20.8 Å². The SMILES string of the molecule is CNCCNc1ccc(-c2nn(-c3ccnc(-n4ncc5cc(C(C)(C)C)cc(F)c5c4=O)c3CO)cc2C(N)=O)cn1. The van der Waals surface area contributed by atoms with Gasteiger partial charge in [0.15, 0.2) is 5.82 Å². The zero-order valence-corrected chi connectivity index (χ0v) is 24.2. The van der Waals surface area contributed by atoms with Crippen molar-refractivity contribution in [1.82, 2.24) is 34.8 Å². The summed E-state index contributed by atoms with van der Waals surface area (Å²) in [6.45, 7) is 6.72. The number of hydrogen-bond donors (Lipinski definition) is 4. The molecule has 4 heterocycles. The maximum atomic E-state index is 15.3. The third-order valence-electron chi connectivity index (χ3n) is 7.02. The van der Waals surface area contributed by atoms with Crippen LogP contribution in [0.3, 0.4) is 0 Å². The summed E-state index contributed by atoms with van der Waals surface area (Å²) in [5.41, 5.74) is 6.78. The number of nitrogens with one attached hydrogen (secondary N) is 2. The Morgan fingerprint density at radius 1 is 1.12 bits per heavy atom. The fourth-order valence-electron chi connectivity index (χ4n) is 4.68. The van der Waals surface area contributed by atoms with Crippen LogP contribution in [0, 0.1) is 5.82 Å². The molecule has 5 rings (SSSR count). The molecule has 0 spiro atoms. The van der Waals surface area contributed by atoms with Crippen LogP contribution in [-0.2, 0) is 12.0 Å². The summed E-state index contributed by atoms with van der Waals surface area (Å²) >= 11 is 0. The van der Waals surface area contributed by atoms with Crippen molar-refractivity contribution >= 4 is 22.5 Å². The van der Waals surface area contributed by atoms with Gasteiger partial charge in [-0.25, -0.2) is 19.0 Å². The van der Waals surface area contributed by atoms with Gasteiger partial charge in [0.05, 0.1) is 29.4 Å². The molecule has 0 aliphatic carbocycles. The lowest BCUT2D eigenvalue weighted by Crippen LogP contribution is -2.25. The standard InChI is InChI=1S/C30H32FN9O3/c1-30(2,3)19-11-18-14-37-40(29(43)25(18)22(31)12-19)28-21(16-41)23(7-8-35-28)39-15-20(27(32)42)26(38-39)17-5-6-24(36-13-17)34-10-9-33-4/h5-8,11-15,33,41H,9-10,16H2,1-4H3,(H2,32,42)(H,34,36). The van der Waals surface area contributed by atoms with Crippen molar-refractivity contribution in [3.63, 3.8) is 0 Å². The summed E-state index contributed by atoms with van der Waals surface area (Å²) in [6, 6.07) is 8.18. The van der Waals surface area contributed by atoms with Crippen LogP contribution in [0.4, 0.5) is 10.2 Å². The minimum atomic E-state index is -0.733. The third kappa shape index (κ3) is 5.72. The Balaban J connectivity index is 1.59. The first kappa shape index (κ1) is 29.5. The molecular formula is C30H32FN9O3. The number of likely N-dealkylation sites (N-methyl/N-ethyl adjacent to an activating group) is 1. The second-order valence-corrected chi connectivity index (χ2v) is 11.0. The topological polar surface area (TPSA) is 166 Å². The summed E-state index contributed by atoms with van der Waals surface area (Å²) < 4.78 is 17.6. The Labute approximate surface area is 246 Å². The average molecular weight is 586 g/mol. The Morgan fingerprint density at radius 3 is 2.56 bits per heavy atom. The number of nitrogens with two attached hydrogens (primary N) is 1. The fraction of sp³-hybridized carbons (Fsp3) is 0.267. The number of amides is 1. The smallest absolute Gasteiger partial charge is 0.283 e. The number of anilines is 1. The maximum absolute atomic E-state index is 15.3. The molecular weight excluding hydrogens is 553 g/mol. The van der Waals surface area contributed by atoms with Crippen LogP contribution in [0.5, 0.6) is 0 Å². The number of benzene rings is 1. The van der Waals surface area contributed by atoms with Crippen LogP contribution >= 0.6 is 0 Å². The molecule has 1 aromatic carbocycles. The van der Waals surface area contributed by atoms with E-state index >= 15 is 4.39 Å². The van der Waals surface area contributed by atoms with E-state index in [1.807, 2.05) is 27.8 Å². The zero-order chi connectivity index (χ0) is 30.9. The lowest BCUT2D eigenvalue weighted by Gasteiger charge is -2.20. The van der Waals surface area contributed by atoms with Crippen LogP contribution in [0.25, 0.3) is 33.5 Å². The van der Waals surface area contributed by atoms with Gasteiger partial charge in [0, 0.05) is 48.2 Å². The molecule has 12 nitrogen and oxygen atoms in total. The van der Waals surface area contributed by atoms with E-state index in [0.29, 0.717) is 29.0 Å². The van der Waals surface area contributed by atoms with Gasteiger partial charge in [0.1, 0.15) is 17.3 Å². The van der Waals surface area contributed by atoms with Gasteiger partial charge in [-0.2, -0.15) is 14.9 Å². The Hall–Kier alpha value is -5.01. The van der Waals surface area contributed by atoms with E-state index in [9.17, 15) is 14.7 Å². The number of hydrogen-bond acceptors (Lipinski definition) is 9. The maximum Gasteiger partial charge on any atom is 0.283 e. The van der Waals surface area contributed by atoms with E-state index in [1.54, 1.807) is 30.5 Å². The highest BCUT2D eigenvalue weighted by molar-refractivity contribution is 5.98. The molecule has 5 aromatic rings. The van der Waals surface area contributed by atoms with Crippen molar-refractivity contribution in [2.45, 2.75) is 32.8 Å². The molecule has 0 unspecified atom stereocenters. The van der Waals surface area contributed by atoms with E-state index in [1.165, 1.54) is 29.3 Å². The highest BCUT2D eigenvalue weighted by Crippen LogP contribution is 2.28. The molecule has 4 aromatic heterocycles. The summed E-state index contributed by atoms with van der Waals surface area (Å²) in [7, 11) is 1.85. The number of halogens is 1. The third-order valence-corrected chi connectivity index (χ3v) is 7.02. The van der Waals surface area contributed by atoms with Crippen LogP contribution in [0.15, 0.2) is 59.9 Å². The number of pyridine rings is 2. The predicted octanol–water partition coefficient (Wildman–Crippen LogP) is 2.69. The molecule has 0 saturated heterocycles. The average Bonchev–Trinajstić information content (AvgIpc) is 3.43.